The van der Waals surface area contributed by atoms with Gasteiger partial charge in [-0.05, 0) is 32.4 Å². The maximum Gasteiger partial charge on any atom is 0.0700 e. The molecule has 4 heteroatoms. The summed E-state index contributed by atoms with van der Waals surface area (Å²) in [5.41, 5.74) is 0. The minimum atomic E-state index is 0.694. The summed E-state index contributed by atoms with van der Waals surface area (Å²) in [7, 11) is 1.69. The molecule has 1 saturated heterocycles. The van der Waals surface area contributed by atoms with E-state index in [0.717, 1.165) is 26.1 Å². The van der Waals surface area contributed by atoms with Crippen molar-refractivity contribution < 1.29 is 9.47 Å². The molecule has 1 fully saturated rings. The SMILES string of the molecule is COCCOCCCNCC1CCCN1. The maximum absolute atomic E-state index is 5.37. The molecule has 2 N–H and O–H groups in total. The zero-order valence-corrected chi connectivity index (χ0v) is 9.76. The van der Waals surface area contributed by atoms with Gasteiger partial charge in [0.15, 0.2) is 0 Å². The highest BCUT2D eigenvalue weighted by atomic mass is 16.5. The molecule has 15 heavy (non-hydrogen) atoms. The van der Waals surface area contributed by atoms with Crippen molar-refractivity contribution in [3.05, 3.63) is 0 Å². The number of hydrogen-bond donors (Lipinski definition) is 2. The van der Waals surface area contributed by atoms with Gasteiger partial charge in [0.05, 0.1) is 13.2 Å². The second kappa shape index (κ2) is 9.09. The van der Waals surface area contributed by atoms with Crippen LogP contribution in [0.3, 0.4) is 0 Å². The molecule has 0 aromatic carbocycles. The molecule has 0 aliphatic carbocycles. The first kappa shape index (κ1) is 12.9. The summed E-state index contributed by atoms with van der Waals surface area (Å²) in [6.07, 6.45) is 3.72. The first-order valence-electron chi connectivity index (χ1n) is 5.94. The van der Waals surface area contributed by atoms with E-state index in [1.807, 2.05) is 0 Å². The van der Waals surface area contributed by atoms with Gasteiger partial charge in [0.25, 0.3) is 0 Å². The van der Waals surface area contributed by atoms with Crippen LogP contribution in [0.4, 0.5) is 0 Å². The second-order valence-corrected chi connectivity index (χ2v) is 3.96. The lowest BCUT2D eigenvalue weighted by molar-refractivity contribution is 0.0695. The highest BCUT2D eigenvalue weighted by molar-refractivity contribution is 4.75. The highest BCUT2D eigenvalue weighted by Crippen LogP contribution is 2.02. The molecule has 1 aliphatic rings. The topological polar surface area (TPSA) is 42.5 Å². The Balaban J connectivity index is 1.73. The van der Waals surface area contributed by atoms with E-state index in [2.05, 4.69) is 10.6 Å². The van der Waals surface area contributed by atoms with Gasteiger partial charge >= 0.3 is 0 Å². The first-order chi connectivity index (χ1) is 7.43. The molecule has 0 radical (unpaired) electrons. The Kier molecular flexibility index (Phi) is 7.83. The quantitative estimate of drug-likeness (QED) is 0.547. The summed E-state index contributed by atoms with van der Waals surface area (Å²) in [4.78, 5) is 0. The van der Waals surface area contributed by atoms with Crippen molar-refractivity contribution in [1.29, 1.82) is 0 Å². The van der Waals surface area contributed by atoms with Gasteiger partial charge in [0.1, 0.15) is 0 Å². The van der Waals surface area contributed by atoms with E-state index < -0.39 is 0 Å². The van der Waals surface area contributed by atoms with Crippen molar-refractivity contribution in [2.45, 2.75) is 25.3 Å². The minimum absolute atomic E-state index is 0.694. The molecule has 1 aliphatic heterocycles. The molecule has 0 aromatic rings. The fraction of sp³-hybridized carbons (Fsp3) is 1.00. The predicted molar refractivity (Wildman–Crippen MR) is 61.2 cm³/mol. The zero-order valence-electron chi connectivity index (χ0n) is 9.76. The second-order valence-electron chi connectivity index (χ2n) is 3.96. The van der Waals surface area contributed by atoms with Crippen LogP contribution in [0.15, 0.2) is 0 Å². The Labute approximate surface area is 92.7 Å². The van der Waals surface area contributed by atoms with Crippen LogP contribution in [-0.2, 0) is 9.47 Å². The van der Waals surface area contributed by atoms with Gasteiger partial charge < -0.3 is 20.1 Å². The van der Waals surface area contributed by atoms with E-state index in [4.69, 9.17) is 9.47 Å². The number of rotatable bonds is 9. The third kappa shape index (κ3) is 6.84. The van der Waals surface area contributed by atoms with Crippen LogP contribution in [0, 0.1) is 0 Å². The largest absolute Gasteiger partial charge is 0.382 e. The fourth-order valence-electron chi connectivity index (χ4n) is 1.75. The van der Waals surface area contributed by atoms with Crippen LogP contribution >= 0.6 is 0 Å². The number of ether oxygens (including phenoxy) is 2. The van der Waals surface area contributed by atoms with E-state index in [1.165, 1.54) is 19.4 Å². The molecule has 0 aromatic heterocycles. The van der Waals surface area contributed by atoms with E-state index in [1.54, 1.807) is 7.11 Å². The van der Waals surface area contributed by atoms with Crippen molar-refractivity contribution in [2.24, 2.45) is 0 Å². The average molecular weight is 216 g/mol. The van der Waals surface area contributed by atoms with Crippen molar-refractivity contribution in [3.63, 3.8) is 0 Å². The van der Waals surface area contributed by atoms with Crippen LogP contribution in [-0.4, -0.2) is 52.6 Å². The Hall–Kier alpha value is -0.160. The molecular weight excluding hydrogens is 192 g/mol. The van der Waals surface area contributed by atoms with Crippen LogP contribution in [0.5, 0.6) is 0 Å². The molecule has 0 bridgehead atoms. The lowest BCUT2D eigenvalue weighted by Crippen LogP contribution is -2.34. The normalized spacial score (nSPS) is 21.0. The molecule has 1 atom stereocenters. The molecule has 0 saturated carbocycles. The Bertz CT molecular complexity index is 139. The molecule has 1 rings (SSSR count). The molecule has 0 spiro atoms. The molecule has 1 heterocycles. The smallest absolute Gasteiger partial charge is 0.0700 e. The standard InChI is InChI=1S/C11H24N2O2/c1-14-8-9-15-7-3-5-12-10-11-4-2-6-13-11/h11-13H,2-10H2,1H3. The van der Waals surface area contributed by atoms with Crippen LogP contribution < -0.4 is 10.6 Å². The summed E-state index contributed by atoms with van der Waals surface area (Å²) in [5.74, 6) is 0. The fourth-order valence-corrected chi connectivity index (χ4v) is 1.75. The van der Waals surface area contributed by atoms with Gasteiger partial charge in [0.2, 0.25) is 0 Å². The zero-order chi connectivity index (χ0) is 10.8. The van der Waals surface area contributed by atoms with Crippen molar-refractivity contribution in [3.8, 4) is 0 Å². The monoisotopic (exact) mass is 216 g/mol. The lowest BCUT2D eigenvalue weighted by Gasteiger charge is -2.11. The maximum atomic E-state index is 5.37. The van der Waals surface area contributed by atoms with Crippen molar-refractivity contribution in [1.82, 2.24) is 10.6 Å². The van der Waals surface area contributed by atoms with Crippen molar-refractivity contribution in [2.75, 3.05) is 46.6 Å². The Morgan fingerprint density at radius 3 is 3.00 bits per heavy atom. The first-order valence-corrected chi connectivity index (χ1v) is 5.94. The molecule has 0 amide bonds. The Morgan fingerprint density at radius 2 is 2.27 bits per heavy atom. The van der Waals surface area contributed by atoms with Gasteiger partial charge in [-0.15, -0.1) is 0 Å². The Morgan fingerprint density at radius 1 is 1.33 bits per heavy atom. The molecular formula is C11H24N2O2. The van der Waals surface area contributed by atoms with E-state index >= 15 is 0 Å². The average Bonchev–Trinajstić information content (AvgIpc) is 2.75. The highest BCUT2D eigenvalue weighted by Gasteiger charge is 2.12. The molecule has 1 unspecified atom stereocenters. The third-order valence-corrected chi connectivity index (χ3v) is 2.63. The minimum Gasteiger partial charge on any atom is -0.382 e. The van der Waals surface area contributed by atoms with E-state index in [-0.39, 0.29) is 0 Å². The van der Waals surface area contributed by atoms with Gasteiger partial charge in [-0.1, -0.05) is 0 Å². The predicted octanol–water partition coefficient (Wildman–Crippen LogP) is 0.381. The molecule has 90 valence electrons. The van der Waals surface area contributed by atoms with Crippen LogP contribution in [0.2, 0.25) is 0 Å². The summed E-state index contributed by atoms with van der Waals surface area (Å²) >= 11 is 0. The van der Waals surface area contributed by atoms with E-state index in [0.29, 0.717) is 19.3 Å². The van der Waals surface area contributed by atoms with Crippen molar-refractivity contribution >= 4 is 0 Å². The summed E-state index contributed by atoms with van der Waals surface area (Å²) in [5, 5.41) is 6.91. The summed E-state index contributed by atoms with van der Waals surface area (Å²) in [6.45, 7) is 5.56. The third-order valence-electron chi connectivity index (χ3n) is 2.63. The number of hydrogen-bond acceptors (Lipinski definition) is 4. The number of methoxy groups -OCH3 is 1. The molecule has 4 nitrogen and oxygen atoms in total. The summed E-state index contributed by atoms with van der Waals surface area (Å²) < 4.78 is 10.3. The van der Waals surface area contributed by atoms with Crippen LogP contribution in [0.25, 0.3) is 0 Å². The van der Waals surface area contributed by atoms with Gasteiger partial charge in [-0.3, -0.25) is 0 Å². The van der Waals surface area contributed by atoms with E-state index in [9.17, 15) is 0 Å². The summed E-state index contributed by atoms with van der Waals surface area (Å²) in [6, 6.07) is 0.694. The van der Waals surface area contributed by atoms with Gasteiger partial charge in [-0.25, -0.2) is 0 Å². The van der Waals surface area contributed by atoms with Crippen LogP contribution in [0.1, 0.15) is 19.3 Å². The van der Waals surface area contributed by atoms with Gasteiger partial charge in [-0.2, -0.15) is 0 Å². The van der Waals surface area contributed by atoms with Gasteiger partial charge in [0, 0.05) is 26.3 Å². The lowest BCUT2D eigenvalue weighted by atomic mass is 10.2. The number of nitrogens with one attached hydrogen (secondary N) is 2.